The number of halogens is 2. The number of benzene rings is 1. The minimum absolute atomic E-state index is 0.0193. The lowest BCUT2D eigenvalue weighted by molar-refractivity contribution is -0.153. The zero-order valence-corrected chi connectivity index (χ0v) is 15.2. The van der Waals surface area contributed by atoms with Gasteiger partial charge in [-0.2, -0.15) is 0 Å². The van der Waals surface area contributed by atoms with Gasteiger partial charge in [0, 0.05) is 37.1 Å². The molecule has 0 saturated heterocycles. The van der Waals surface area contributed by atoms with Crippen molar-refractivity contribution in [3.63, 3.8) is 0 Å². The van der Waals surface area contributed by atoms with Gasteiger partial charge in [-0.05, 0) is 42.5 Å². The molecular formula is C20H23F2NO4. The Balaban J connectivity index is 1.73. The number of carbonyl (C=O) groups excluding carboxylic acids is 3. The van der Waals surface area contributed by atoms with Crippen molar-refractivity contribution in [2.75, 3.05) is 7.11 Å². The van der Waals surface area contributed by atoms with E-state index < -0.39 is 35.5 Å². The van der Waals surface area contributed by atoms with Crippen molar-refractivity contribution in [2.24, 2.45) is 17.6 Å². The molecule has 0 amide bonds. The van der Waals surface area contributed by atoms with Crippen LogP contribution in [-0.2, 0) is 25.5 Å². The van der Waals surface area contributed by atoms with Gasteiger partial charge in [0.1, 0.15) is 11.6 Å². The second kappa shape index (κ2) is 7.84. The van der Waals surface area contributed by atoms with E-state index >= 15 is 0 Å². The van der Waals surface area contributed by atoms with Crippen LogP contribution in [0.15, 0.2) is 12.1 Å². The summed E-state index contributed by atoms with van der Waals surface area (Å²) in [6, 6.07) is 1.76. The zero-order chi connectivity index (χ0) is 19.7. The third kappa shape index (κ3) is 3.93. The molecule has 1 fully saturated rings. The molecule has 0 aliphatic heterocycles. The van der Waals surface area contributed by atoms with E-state index in [1.165, 1.54) is 13.2 Å². The number of carbonyl (C=O) groups is 3. The summed E-state index contributed by atoms with van der Waals surface area (Å²) in [6.45, 7) is 0. The average molecular weight is 379 g/mol. The van der Waals surface area contributed by atoms with Gasteiger partial charge in [-0.1, -0.05) is 0 Å². The van der Waals surface area contributed by atoms with Crippen LogP contribution >= 0.6 is 0 Å². The standard InChI is InChI=1S/C20H23F2NO4/c1-27-20(26)13-5-3-11(24)7-15(13)19(25)9-18(23)12-4-2-10-6-16(21)17(22)8-14(10)12/h6,8,12-13,15,18H,2-5,7,9,23H2,1H3. The van der Waals surface area contributed by atoms with Crippen molar-refractivity contribution in [1.82, 2.24) is 0 Å². The Kier molecular flexibility index (Phi) is 5.69. The highest BCUT2D eigenvalue weighted by Gasteiger charge is 2.40. The van der Waals surface area contributed by atoms with Crippen LogP contribution < -0.4 is 5.73 Å². The molecule has 5 nitrogen and oxygen atoms in total. The summed E-state index contributed by atoms with van der Waals surface area (Å²) in [5, 5.41) is 0. The number of nitrogens with two attached hydrogens (primary N) is 1. The average Bonchev–Trinajstić information content (AvgIpc) is 3.04. The Morgan fingerprint density at radius 2 is 1.89 bits per heavy atom. The number of ketones is 2. The van der Waals surface area contributed by atoms with E-state index in [-0.39, 0.29) is 36.7 Å². The number of hydrogen-bond donors (Lipinski definition) is 1. The maximum absolute atomic E-state index is 13.6. The first kappa shape index (κ1) is 19.6. The largest absolute Gasteiger partial charge is 0.469 e. The fourth-order valence-electron chi connectivity index (χ4n) is 4.38. The molecule has 146 valence electrons. The van der Waals surface area contributed by atoms with Crippen LogP contribution in [0.3, 0.4) is 0 Å². The monoisotopic (exact) mass is 379 g/mol. The van der Waals surface area contributed by atoms with E-state index in [4.69, 9.17) is 10.5 Å². The Bertz CT molecular complexity index is 779. The highest BCUT2D eigenvalue weighted by Crippen LogP contribution is 2.38. The van der Waals surface area contributed by atoms with Gasteiger partial charge in [-0.3, -0.25) is 14.4 Å². The first-order chi connectivity index (χ1) is 12.8. The van der Waals surface area contributed by atoms with Crippen LogP contribution in [0.5, 0.6) is 0 Å². The van der Waals surface area contributed by atoms with E-state index in [0.29, 0.717) is 30.4 Å². The summed E-state index contributed by atoms with van der Waals surface area (Å²) in [4.78, 5) is 36.6. The molecule has 3 rings (SSSR count). The molecule has 27 heavy (non-hydrogen) atoms. The number of fused-ring (bicyclic) bond motifs is 1. The Labute approximate surface area is 156 Å². The quantitative estimate of drug-likeness (QED) is 0.794. The third-order valence-corrected chi connectivity index (χ3v) is 5.84. The number of esters is 1. The molecule has 0 heterocycles. The lowest BCUT2D eigenvalue weighted by Gasteiger charge is -2.29. The summed E-state index contributed by atoms with van der Waals surface area (Å²) in [6.07, 6.45) is 1.74. The number of aryl methyl sites for hydroxylation is 1. The summed E-state index contributed by atoms with van der Waals surface area (Å²) >= 11 is 0. The van der Waals surface area contributed by atoms with Gasteiger partial charge in [-0.15, -0.1) is 0 Å². The van der Waals surface area contributed by atoms with Crippen molar-refractivity contribution < 1.29 is 27.9 Å². The molecule has 2 N–H and O–H groups in total. The fraction of sp³-hybridized carbons (Fsp3) is 0.550. The molecule has 4 unspecified atom stereocenters. The number of methoxy groups -OCH3 is 1. The SMILES string of the molecule is COC(=O)C1CCC(=O)CC1C(=O)CC(N)C1CCc2cc(F)c(F)cc21. The minimum Gasteiger partial charge on any atom is -0.469 e. The molecule has 2 aliphatic carbocycles. The van der Waals surface area contributed by atoms with Crippen LogP contribution in [0.1, 0.15) is 49.1 Å². The van der Waals surface area contributed by atoms with E-state index in [2.05, 4.69) is 0 Å². The minimum atomic E-state index is -0.928. The van der Waals surface area contributed by atoms with Gasteiger partial charge in [0.2, 0.25) is 0 Å². The normalized spacial score (nSPS) is 25.8. The number of ether oxygens (including phenoxy) is 1. The van der Waals surface area contributed by atoms with Crippen molar-refractivity contribution in [3.8, 4) is 0 Å². The molecule has 0 spiro atoms. The molecule has 1 aromatic rings. The molecule has 0 radical (unpaired) electrons. The summed E-state index contributed by atoms with van der Waals surface area (Å²) < 4.78 is 31.8. The van der Waals surface area contributed by atoms with E-state index in [1.54, 1.807) is 0 Å². The molecular weight excluding hydrogens is 356 g/mol. The number of hydrogen-bond acceptors (Lipinski definition) is 5. The molecule has 4 atom stereocenters. The van der Waals surface area contributed by atoms with Gasteiger partial charge in [0.05, 0.1) is 13.0 Å². The third-order valence-electron chi connectivity index (χ3n) is 5.84. The molecule has 7 heteroatoms. The maximum atomic E-state index is 13.6. The molecule has 1 saturated carbocycles. The van der Waals surface area contributed by atoms with Crippen molar-refractivity contribution >= 4 is 17.5 Å². The number of rotatable bonds is 5. The van der Waals surface area contributed by atoms with Gasteiger partial charge < -0.3 is 10.5 Å². The van der Waals surface area contributed by atoms with Crippen molar-refractivity contribution in [3.05, 3.63) is 34.9 Å². The van der Waals surface area contributed by atoms with Crippen molar-refractivity contribution in [1.29, 1.82) is 0 Å². The van der Waals surface area contributed by atoms with Gasteiger partial charge >= 0.3 is 5.97 Å². The van der Waals surface area contributed by atoms with Gasteiger partial charge in [0.15, 0.2) is 11.6 Å². The predicted octanol–water partition coefficient (Wildman–Crippen LogP) is 2.44. The fourth-order valence-corrected chi connectivity index (χ4v) is 4.38. The van der Waals surface area contributed by atoms with Crippen LogP contribution in [0, 0.1) is 23.5 Å². The summed E-state index contributed by atoms with van der Waals surface area (Å²) in [5.74, 6) is -4.21. The second-order valence-corrected chi connectivity index (χ2v) is 7.46. The van der Waals surface area contributed by atoms with Crippen LogP contribution in [0.4, 0.5) is 8.78 Å². The molecule has 0 aromatic heterocycles. The maximum Gasteiger partial charge on any atom is 0.309 e. The smallest absolute Gasteiger partial charge is 0.309 e. The van der Waals surface area contributed by atoms with Crippen molar-refractivity contribution in [2.45, 2.75) is 50.5 Å². The lowest BCUT2D eigenvalue weighted by atomic mass is 9.74. The summed E-state index contributed by atoms with van der Waals surface area (Å²) in [5.41, 5.74) is 7.59. The van der Waals surface area contributed by atoms with Crippen LogP contribution in [0.2, 0.25) is 0 Å². The zero-order valence-electron chi connectivity index (χ0n) is 15.2. The summed E-state index contributed by atoms with van der Waals surface area (Å²) in [7, 11) is 1.26. The second-order valence-electron chi connectivity index (χ2n) is 7.46. The molecule has 1 aromatic carbocycles. The van der Waals surface area contributed by atoms with Crippen LogP contribution in [-0.4, -0.2) is 30.7 Å². The Hall–Kier alpha value is -2.15. The topological polar surface area (TPSA) is 86.5 Å². The van der Waals surface area contributed by atoms with E-state index in [0.717, 1.165) is 6.07 Å². The molecule has 2 aliphatic rings. The highest BCUT2D eigenvalue weighted by atomic mass is 19.2. The Morgan fingerprint density at radius 3 is 2.59 bits per heavy atom. The Morgan fingerprint density at radius 1 is 1.19 bits per heavy atom. The van der Waals surface area contributed by atoms with E-state index in [1.807, 2.05) is 0 Å². The van der Waals surface area contributed by atoms with E-state index in [9.17, 15) is 23.2 Å². The highest BCUT2D eigenvalue weighted by molar-refractivity contribution is 5.93. The number of Topliss-reactive ketones (excluding diaryl/α,β-unsaturated/α-hetero) is 2. The van der Waals surface area contributed by atoms with Crippen LogP contribution in [0.25, 0.3) is 0 Å². The van der Waals surface area contributed by atoms with Gasteiger partial charge in [-0.25, -0.2) is 8.78 Å². The predicted molar refractivity (Wildman–Crippen MR) is 92.9 cm³/mol. The lowest BCUT2D eigenvalue weighted by Crippen LogP contribution is -2.40. The first-order valence-corrected chi connectivity index (χ1v) is 9.17. The molecule has 0 bridgehead atoms. The first-order valence-electron chi connectivity index (χ1n) is 9.17. The van der Waals surface area contributed by atoms with Gasteiger partial charge in [0.25, 0.3) is 0 Å².